The zero-order valence-electron chi connectivity index (χ0n) is 6.13. The van der Waals surface area contributed by atoms with Crippen molar-refractivity contribution in [3.8, 4) is 6.07 Å². The Morgan fingerprint density at radius 2 is 2.40 bits per heavy atom. The molecule has 1 N–H and O–H groups in total. The van der Waals surface area contributed by atoms with Gasteiger partial charge >= 0.3 is 0 Å². The van der Waals surface area contributed by atoms with Gasteiger partial charge in [0.15, 0.2) is 0 Å². The van der Waals surface area contributed by atoms with E-state index >= 15 is 0 Å². The van der Waals surface area contributed by atoms with E-state index in [-0.39, 0.29) is 11.0 Å². The number of hydrogen-bond acceptors (Lipinski definition) is 2. The maximum absolute atomic E-state index is 10.8. The lowest BCUT2D eigenvalue weighted by Crippen LogP contribution is -3.09. The van der Waals surface area contributed by atoms with Gasteiger partial charge in [0, 0.05) is 6.42 Å². The van der Waals surface area contributed by atoms with Crippen LogP contribution in [0.3, 0.4) is 0 Å². The fourth-order valence-corrected chi connectivity index (χ4v) is 1.31. The van der Waals surface area contributed by atoms with E-state index in [1.54, 1.807) is 0 Å². The summed E-state index contributed by atoms with van der Waals surface area (Å²) in [5.41, 5.74) is 0. The molecule has 3 unspecified atom stereocenters. The third kappa shape index (κ3) is 1.47. The van der Waals surface area contributed by atoms with Gasteiger partial charge in [-0.3, -0.25) is 0 Å². The molecule has 10 heavy (non-hydrogen) atoms. The predicted molar refractivity (Wildman–Crippen MR) is 36.9 cm³/mol. The molecule has 0 aromatic heterocycles. The molecule has 3 heteroatoms. The average molecular weight is 140 g/mol. The Labute approximate surface area is 60.8 Å². The van der Waals surface area contributed by atoms with Gasteiger partial charge in [0.05, 0.1) is 25.1 Å². The van der Waals surface area contributed by atoms with Crippen molar-refractivity contribution in [2.75, 3.05) is 13.1 Å². The van der Waals surface area contributed by atoms with E-state index in [0.717, 1.165) is 6.42 Å². The van der Waals surface area contributed by atoms with Crippen molar-refractivity contribution in [2.45, 2.75) is 13.3 Å². The molecule has 56 valence electrons. The molecule has 0 aromatic carbocycles. The highest BCUT2D eigenvalue weighted by molar-refractivity contribution is 4.87. The van der Waals surface area contributed by atoms with Crippen molar-refractivity contribution >= 4 is 0 Å². The molecule has 0 spiro atoms. The molecule has 0 radical (unpaired) electrons. The van der Waals surface area contributed by atoms with Crippen molar-refractivity contribution in [2.24, 2.45) is 11.8 Å². The molecule has 1 aliphatic heterocycles. The minimum absolute atomic E-state index is 0.0127. The van der Waals surface area contributed by atoms with Crippen molar-refractivity contribution in [3.63, 3.8) is 0 Å². The molecule has 1 aliphatic rings. The van der Waals surface area contributed by atoms with Crippen LogP contribution < -0.4 is 5.06 Å². The summed E-state index contributed by atoms with van der Waals surface area (Å²) in [4.78, 5) is 0. The monoisotopic (exact) mass is 140 g/mol. The second kappa shape index (κ2) is 3.00. The van der Waals surface area contributed by atoms with Gasteiger partial charge in [0.2, 0.25) is 0 Å². The smallest absolute Gasteiger partial charge is 0.0983 e. The maximum atomic E-state index is 10.8. The van der Waals surface area contributed by atoms with E-state index in [2.05, 4.69) is 6.07 Å². The summed E-state index contributed by atoms with van der Waals surface area (Å²) in [7, 11) is 0. The molecule has 0 aromatic rings. The molecule has 3 nitrogen and oxygen atoms in total. The van der Waals surface area contributed by atoms with E-state index in [1.807, 2.05) is 6.92 Å². The van der Waals surface area contributed by atoms with Crippen LogP contribution in [0, 0.1) is 28.4 Å². The Balaban J connectivity index is 2.47. The Kier molecular flexibility index (Phi) is 2.25. The molecular weight excluding hydrogens is 128 g/mol. The van der Waals surface area contributed by atoms with E-state index in [9.17, 15) is 5.21 Å². The van der Waals surface area contributed by atoms with E-state index in [0.29, 0.717) is 19.0 Å². The van der Waals surface area contributed by atoms with Crippen molar-refractivity contribution in [1.29, 1.82) is 5.26 Å². The lowest BCUT2D eigenvalue weighted by Gasteiger charge is -2.32. The van der Waals surface area contributed by atoms with Crippen LogP contribution in [0.15, 0.2) is 0 Å². The van der Waals surface area contributed by atoms with Crippen molar-refractivity contribution in [3.05, 3.63) is 5.21 Å². The SMILES string of the molecule is CC1CC[NH+]([O-])CC1C#N. The second-order valence-corrected chi connectivity index (χ2v) is 2.99. The number of hydroxylamine groups is 2. The third-order valence-electron chi connectivity index (χ3n) is 2.18. The van der Waals surface area contributed by atoms with Gasteiger partial charge in [-0.15, -0.1) is 0 Å². The Morgan fingerprint density at radius 1 is 1.70 bits per heavy atom. The highest BCUT2D eigenvalue weighted by atomic mass is 16.5. The third-order valence-corrected chi connectivity index (χ3v) is 2.18. The van der Waals surface area contributed by atoms with E-state index < -0.39 is 0 Å². The van der Waals surface area contributed by atoms with Gasteiger partial charge < -0.3 is 10.3 Å². The van der Waals surface area contributed by atoms with Gasteiger partial charge in [-0.2, -0.15) is 5.26 Å². The summed E-state index contributed by atoms with van der Waals surface area (Å²) >= 11 is 0. The van der Waals surface area contributed by atoms with Gasteiger partial charge in [-0.05, 0) is 5.92 Å². The first-order valence-corrected chi connectivity index (χ1v) is 3.65. The first-order valence-electron chi connectivity index (χ1n) is 3.65. The van der Waals surface area contributed by atoms with Crippen LogP contribution in [0.1, 0.15) is 13.3 Å². The largest absolute Gasteiger partial charge is 0.634 e. The molecule has 1 saturated heterocycles. The van der Waals surface area contributed by atoms with Crippen LogP contribution >= 0.6 is 0 Å². The van der Waals surface area contributed by atoms with Crippen LogP contribution in [0.2, 0.25) is 0 Å². The van der Waals surface area contributed by atoms with Crippen molar-refractivity contribution < 1.29 is 5.06 Å². The summed E-state index contributed by atoms with van der Waals surface area (Å²) in [5, 5.41) is 19.7. The molecule has 3 atom stereocenters. The minimum Gasteiger partial charge on any atom is -0.634 e. The zero-order chi connectivity index (χ0) is 7.56. The summed E-state index contributed by atoms with van der Waals surface area (Å²) in [5.74, 6) is 0.406. The Bertz CT molecular complexity index is 152. The fraction of sp³-hybridized carbons (Fsp3) is 0.857. The standard InChI is InChI=1S/C7H12N2O/c1-6-2-3-9(10)5-7(6)4-8/h6-7,9H,2-3,5H2,1H3. The first kappa shape index (κ1) is 7.52. The Morgan fingerprint density at radius 3 is 2.90 bits per heavy atom. The number of nitrogens with one attached hydrogen (secondary N) is 1. The Hall–Kier alpha value is -0.590. The number of quaternary nitrogens is 1. The van der Waals surface area contributed by atoms with Crippen LogP contribution in [0.4, 0.5) is 0 Å². The van der Waals surface area contributed by atoms with Gasteiger partial charge in [0.1, 0.15) is 0 Å². The van der Waals surface area contributed by atoms with Gasteiger partial charge in [-0.1, -0.05) is 6.92 Å². The zero-order valence-corrected chi connectivity index (χ0v) is 6.13. The number of rotatable bonds is 0. The van der Waals surface area contributed by atoms with Gasteiger partial charge in [-0.25, -0.2) is 0 Å². The minimum atomic E-state index is -0.0127. The highest BCUT2D eigenvalue weighted by Crippen LogP contribution is 2.14. The van der Waals surface area contributed by atoms with Crippen LogP contribution in [-0.2, 0) is 0 Å². The fourth-order valence-electron chi connectivity index (χ4n) is 1.31. The second-order valence-electron chi connectivity index (χ2n) is 2.99. The van der Waals surface area contributed by atoms with E-state index in [4.69, 9.17) is 5.26 Å². The molecule has 1 rings (SSSR count). The highest BCUT2D eigenvalue weighted by Gasteiger charge is 2.24. The molecule has 0 amide bonds. The maximum Gasteiger partial charge on any atom is 0.0983 e. The lowest BCUT2D eigenvalue weighted by atomic mass is 9.89. The molecule has 1 fully saturated rings. The van der Waals surface area contributed by atoms with Crippen LogP contribution in [-0.4, -0.2) is 13.1 Å². The van der Waals surface area contributed by atoms with Crippen LogP contribution in [0.25, 0.3) is 0 Å². The summed E-state index contributed by atoms with van der Waals surface area (Å²) < 4.78 is 0. The summed E-state index contributed by atoms with van der Waals surface area (Å²) in [6, 6.07) is 2.16. The molecule has 0 bridgehead atoms. The van der Waals surface area contributed by atoms with E-state index in [1.165, 1.54) is 0 Å². The normalized spacial score (nSPS) is 40.7. The number of nitrogens with zero attached hydrogens (tertiary/aromatic N) is 1. The molecule has 0 aliphatic carbocycles. The number of hydrogen-bond donors (Lipinski definition) is 1. The molecular formula is C7H12N2O. The predicted octanol–water partition coefficient (Wildman–Crippen LogP) is -0.451. The topological polar surface area (TPSA) is 51.3 Å². The van der Waals surface area contributed by atoms with Gasteiger partial charge in [0.25, 0.3) is 0 Å². The molecule has 1 heterocycles. The average Bonchev–Trinajstić information content (AvgIpc) is 1.94. The number of nitriles is 1. The molecule has 0 saturated carbocycles. The quantitative estimate of drug-likeness (QED) is 0.463. The summed E-state index contributed by atoms with van der Waals surface area (Å²) in [6.07, 6.45) is 0.900. The number of piperidine rings is 1. The van der Waals surface area contributed by atoms with Crippen molar-refractivity contribution in [1.82, 2.24) is 0 Å². The lowest BCUT2D eigenvalue weighted by molar-refractivity contribution is -0.858. The first-order chi connectivity index (χ1) is 4.74. The van der Waals surface area contributed by atoms with Crippen LogP contribution in [0.5, 0.6) is 0 Å². The summed E-state index contributed by atoms with van der Waals surface area (Å²) in [6.45, 7) is 3.21.